The van der Waals surface area contributed by atoms with Crippen LogP contribution in [0.3, 0.4) is 0 Å². The third kappa shape index (κ3) is 2.00. The van der Waals surface area contributed by atoms with Gasteiger partial charge in [0.25, 0.3) is 5.91 Å². The van der Waals surface area contributed by atoms with Crippen LogP contribution in [0.1, 0.15) is 10.4 Å². The van der Waals surface area contributed by atoms with Gasteiger partial charge in [-0.15, -0.1) is 12.6 Å². The standard InChI is InChI=1S/C7H7BrN2OS/c8-4-1-2-6(12)5(3-4)7(11)10-9/h1-3,12H,9H2,(H,10,11). The molecule has 0 heterocycles. The van der Waals surface area contributed by atoms with Crippen molar-refractivity contribution in [3.05, 3.63) is 28.2 Å². The maximum absolute atomic E-state index is 11.1. The maximum atomic E-state index is 11.1. The third-order valence-electron chi connectivity index (χ3n) is 1.33. The summed E-state index contributed by atoms with van der Waals surface area (Å²) in [6.07, 6.45) is 0. The highest BCUT2D eigenvalue weighted by Gasteiger charge is 2.07. The fourth-order valence-corrected chi connectivity index (χ4v) is 1.37. The van der Waals surface area contributed by atoms with Crippen LogP contribution in [0.15, 0.2) is 27.6 Å². The van der Waals surface area contributed by atoms with Crippen molar-refractivity contribution >= 4 is 34.5 Å². The normalized spacial score (nSPS) is 9.58. The Kier molecular flexibility index (Phi) is 3.13. The summed E-state index contributed by atoms with van der Waals surface area (Å²) in [7, 11) is 0. The molecule has 0 saturated heterocycles. The van der Waals surface area contributed by atoms with E-state index in [1.54, 1.807) is 18.2 Å². The van der Waals surface area contributed by atoms with Crippen molar-refractivity contribution in [3.8, 4) is 0 Å². The van der Waals surface area contributed by atoms with Gasteiger partial charge in [0.15, 0.2) is 0 Å². The molecule has 0 aromatic heterocycles. The van der Waals surface area contributed by atoms with E-state index in [4.69, 9.17) is 5.84 Å². The molecule has 1 rings (SSSR count). The lowest BCUT2D eigenvalue weighted by molar-refractivity contribution is 0.0950. The summed E-state index contributed by atoms with van der Waals surface area (Å²) in [4.78, 5) is 11.7. The molecule has 12 heavy (non-hydrogen) atoms. The van der Waals surface area contributed by atoms with E-state index in [0.717, 1.165) is 4.47 Å². The first-order valence-corrected chi connectivity index (χ1v) is 4.38. The maximum Gasteiger partial charge on any atom is 0.266 e. The van der Waals surface area contributed by atoms with E-state index in [9.17, 15) is 4.79 Å². The molecular formula is C7H7BrN2OS. The number of nitrogens with one attached hydrogen (secondary N) is 1. The van der Waals surface area contributed by atoms with Crippen LogP contribution in [-0.2, 0) is 0 Å². The fourth-order valence-electron chi connectivity index (χ4n) is 0.768. The van der Waals surface area contributed by atoms with Crippen LogP contribution in [0.5, 0.6) is 0 Å². The minimum atomic E-state index is -0.346. The second-order valence-electron chi connectivity index (χ2n) is 2.13. The SMILES string of the molecule is NNC(=O)c1cc(Br)ccc1S. The number of amides is 1. The predicted octanol–water partition coefficient (Wildman–Crippen LogP) is 1.34. The lowest BCUT2D eigenvalue weighted by Gasteiger charge is -2.02. The average molecular weight is 247 g/mol. The van der Waals surface area contributed by atoms with Gasteiger partial charge in [-0.05, 0) is 18.2 Å². The first-order chi connectivity index (χ1) is 5.65. The van der Waals surface area contributed by atoms with Crippen molar-refractivity contribution < 1.29 is 4.79 Å². The van der Waals surface area contributed by atoms with Gasteiger partial charge in [-0.1, -0.05) is 15.9 Å². The second-order valence-corrected chi connectivity index (χ2v) is 3.53. The highest BCUT2D eigenvalue weighted by molar-refractivity contribution is 9.10. The Morgan fingerprint density at radius 2 is 2.25 bits per heavy atom. The van der Waals surface area contributed by atoms with Crippen molar-refractivity contribution in [2.24, 2.45) is 5.84 Å². The Morgan fingerprint density at radius 3 is 2.83 bits per heavy atom. The van der Waals surface area contributed by atoms with Gasteiger partial charge < -0.3 is 0 Å². The Bertz CT molecular complexity index is 316. The smallest absolute Gasteiger partial charge is 0.266 e. The van der Waals surface area contributed by atoms with E-state index in [1.807, 2.05) is 5.43 Å². The van der Waals surface area contributed by atoms with E-state index in [0.29, 0.717) is 10.5 Å². The predicted molar refractivity (Wildman–Crippen MR) is 53.0 cm³/mol. The molecule has 1 aromatic carbocycles. The van der Waals surface area contributed by atoms with Crippen molar-refractivity contribution in [2.45, 2.75) is 4.90 Å². The molecule has 0 radical (unpaired) electrons. The largest absolute Gasteiger partial charge is 0.290 e. The monoisotopic (exact) mass is 246 g/mol. The number of nitrogens with two attached hydrogens (primary N) is 1. The topological polar surface area (TPSA) is 55.1 Å². The van der Waals surface area contributed by atoms with Gasteiger partial charge in [0.2, 0.25) is 0 Å². The van der Waals surface area contributed by atoms with Gasteiger partial charge >= 0.3 is 0 Å². The summed E-state index contributed by atoms with van der Waals surface area (Å²) < 4.78 is 0.818. The Morgan fingerprint density at radius 1 is 1.58 bits per heavy atom. The molecule has 1 amide bonds. The summed E-state index contributed by atoms with van der Waals surface area (Å²) in [6, 6.07) is 5.18. The van der Waals surface area contributed by atoms with Gasteiger partial charge in [-0.25, -0.2) is 5.84 Å². The number of hydrazine groups is 1. The number of carbonyl (C=O) groups excluding carboxylic acids is 1. The van der Waals surface area contributed by atoms with Crippen LogP contribution in [0.25, 0.3) is 0 Å². The van der Waals surface area contributed by atoms with Gasteiger partial charge in [-0.3, -0.25) is 10.2 Å². The fraction of sp³-hybridized carbons (Fsp3) is 0. The molecule has 3 N–H and O–H groups in total. The van der Waals surface area contributed by atoms with Crippen LogP contribution < -0.4 is 11.3 Å². The van der Waals surface area contributed by atoms with Crippen molar-refractivity contribution in [2.75, 3.05) is 0 Å². The third-order valence-corrected chi connectivity index (χ3v) is 2.22. The zero-order valence-electron chi connectivity index (χ0n) is 6.04. The molecule has 0 saturated carbocycles. The second kappa shape index (κ2) is 3.93. The molecule has 0 spiro atoms. The van der Waals surface area contributed by atoms with Gasteiger partial charge in [0, 0.05) is 9.37 Å². The molecule has 0 aliphatic heterocycles. The first-order valence-electron chi connectivity index (χ1n) is 3.14. The summed E-state index contributed by atoms with van der Waals surface area (Å²) in [5, 5.41) is 0. The van der Waals surface area contributed by atoms with E-state index < -0.39 is 0 Å². The molecule has 3 nitrogen and oxygen atoms in total. The van der Waals surface area contributed by atoms with Crippen molar-refractivity contribution in [1.29, 1.82) is 0 Å². The van der Waals surface area contributed by atoms with Crippen molar-refractivity contribution in [3.63, 3.8) is 0 Å². The summed E-state index contributed by atoms with van der Waals surface area (Å²) >= 11 is 7.34. The molecule has 0 atom stereocenters. The number of nitrogen functional groups attached to an aromatic ring is 1. The molecule has 5 heteroatoms. The van der Waals surface area contributed by atoms with Crippen LogP contribution in [0.2, 0.25) is 0 Å². The molecule has 0 fully saturated rings. The molecule has 0 aliphatic rings. The Hall–Kier alpha value is -0.520. The van der Waals surface area contributed by atoms with E-state index in [2.05, 4.69) is 28.6 Å². The minimum Gasteiger partial charge on any atom is -0.290 e. The molecule has 0 aliphatic carbocycles. The van der Waals surface area contributed by atoms with Crippen LogP contribution in [0.4, 0.5) is 0 Å². The zero-order valence-corrected chi connectivity index (χ0v) is 8.52. The number of carbonyl (C=O) groups is 1. The van der Waals surface area contributed by atoms with E-state index in [1.165, 1.54) is 0 Å². The van der Waals surface area contributed by atoms with Gasteiger partial charge in [0.05, 0.1) is 5.56 Å². The summed E-state index contributed by atoms with van der Waals surface area (Å²) in [5.74, 6) is 4.63. The number of hydrogen-bond acceptors (Lipinski definition) is 3. The first kappa shape index (κ1) is 9.57. The Labute approximate surface area is 83.8 Å². The number of thiol groups is 1. The van der Waals surface area contributed by atoms with Gasteiger partial charge in [-0.2, -0.15) is 0 Å². The van der Waals surface area contributed by atoms with Crippen LogP contribution in [0, 0.1) is 0 Å². The lowest BCUT2D eigenvalue weighted by Crippen LogP contribution is -2.30. The molecule has 1 aromatic rings. The number of halogens is 1. The number of rotatable bonds is 1. The Balaban J connectivity index is 3.13. The molecule has 0 unspecified atom stereocenters. The van der Waals surface area contributed by atoms with E-state index in [-0.39, 0.29) is 5.91 Å². The highest BCUT2D eigenvalue weighted by Crippen LogP contribution is 2.19. The molecule has 0 bridgehead atoms. The quantitative estimate of drug-likeness (QED) is 0.303. The minimum absolute atomic E-state index is 0.346. The van der Waals surface area contributed by atoms with Crippen LogP contribution in [-0.4, -0.2) is 5.91 Å². The highest BCUT2D eigenvalue weighted by atomic mass is 79.9. The lowest BCUT2D eigenvalue weighted by atomic mass is 10.2. The number of benzene rings is 1. The number of hydrogen-bond donors (Lipinski definition) is 3. The average Bonchev–Trinajstić information content (AvgIpc) is 2.08. The summed E-state index contributed by atoms with van der Waals surface area (Å²) in [5.41, 5.74) is 2.49. The summed E-state index contributed by atoms with van der Waals surface area (Å²) in [6.45, 7) is 0. The van der Waals surface area contributed by atoms with E-state index >= 15 is 0 Å². The van der Waals surface area contributed by atoms with Crippen LogP contribution >= 0.6 is 28.6 Å². The molecular weight excluding hydrogens is 240 g/mol. The van der Waals surface area contributed by atoms with Gasteiger partial charge in [0.1, 0.15) is 0 Å². The molecule has 64 valence electrons. The zero-order chi connectivity index (χ0) is 9.14. The van der Waals surface area contributed by atoms with Crippen molar-refractivity contribution in [1.82, 2.24) is 5.43 Å².